The van der Waals surface area contributed by atoms with E-state index < -0.39 is 433 Å². The first kappa shape index (κ1) is 113. The summed E-state index contributed by atoms with van der Waals surface area (Å²) in [6.07, 6.45) is -106. The Hall–Kier alpha value is -4.65. The third kappa shape index (κ3) is 25.8. The smallest absolute Gasteiger partial charge is 0.217 e. The van der Waals surface area contributed by atoms with Crippen LogP contribution in [0.4, 0.5) is 0 Å². The Kier molecular flexibility index (Phi) is 41.9. The van der Waals surface area contributed by atoms with Crippen LogP contribution in [0, 0.1) is 0 Å². The highest BCUT2D eigenvalue weighted by molar-refractivity contribution is 5.75. The van der Waals surface area contributed by atoms with Gasteiger partial charge in [0, 0.05) is 34.6 Å². The normalized spacial score (nSPS) is 46.7. The average Bonchev–Trinajstić information content (AvgIpc) is 0.761. The van der Waals surface area contributed by atoms with Gasteiger partial charge >= 0.3 is 0 Å². The van der Waals surface area contributed by atoms with Crippen LogP contribution in [0.3, 0.4) is 0 Å². The number of carbonyl (C=O) groups excluding carboxylic acids is 5. The van der Waals surface area contributed by atoms with E-state index in [-0.39, 0.29) is 0 Å². The molecule has 0 aromatic rings. The van der Waals surface area contributed by atoms with Crippen LogP contribution in [0.1, 0.15) is 41.5 Å². The summed E-state index contributed by atoms with van der Waals surface area (Å²) in [4.78, 5) is 65.0. The number of aliphatic hydroxyl groups is 30. The molecule has 0 bridgehead atoms. The molecule has 54 atom stereocenters. The molecule has 136 heavy (non-hydrogen) atoms. The Morgan fingerprint density at radius 1 is 0.272 bits per heavy atom. The van der Waals surface area contributed by atoms with Crippen LogP contribution in [0.15, 0.2) is 0 Å². The van der Waals surface area contributed by atoms with E-state index in [2.05, 4.69) is 26.6 Å². The number of ether oxygens (including phenoxy) is 20. The van der Waals surface area contributed by atoms with E-state index in [0.717, 1.165) is 34.6 Å². The predicted octanol–water partition coefficient (Wildman–Crippen LogP) is -23.6. The van der Waals surface area contributed by atoms with E-state index in [9.17, 15) is 177 Å². The van der Waals surface area contributed by atoms with E-state index in [1.807, 2.05) is 0 Å². The topological polar surface area (TPSA) is 937 Å². The van der Waals surface area contributed by atoms with Crippen molar-refractivity contribution < 1.29 is 272 Å². The molecular formula is C76H129N5O55. The number of hydrogen-bond acceptors (Lipinski definition) is 55. The third-order valence-corrected chi connectivity index (χ3v) is 24.6. The van der Waals surface area contributed by atoms with Gasteiger partial charge in [-0.05, 0) is 6.92 Å². The second kappa shape index (κ2) is 50.2. The molecule has 0 aliphatic carbocycles. The number of carbonyl (C=O) groups is 5. The van der Waals surface area contributed by atoms with Crippen LogP contribution in [0.2, 0.25) is 0 Å². The van der Waals surface area contributed by atoms with E-state index in [4.69, 9.17) is 94.7 Å². The molecule has 0 saturated carbocycles. The quantitative estimate of drug-likeness (QED) is 0.0272. The summed E-state index contributed by atoms with van der Waals surface area (Å²) in [5, 5.41) is 350. The van der Waals surface area contributed by atoms with Crippen LogP contribution >= 0.6 is 0 Å². The van der Waals surface area contributed by atoms with E-state index in [0.29, 0.717) is 0 Å². The lowest BCUT2D eigenvalue weighted by atomic mass is 9.93. The molecule has 0 spiro atoms. The van der Waals surface area contributed by atoms with Crippen molar-refractivity contribution in [2.75, 3.05) is 72.7 Å². The monoisotopic (exact) mass is 1990 g/mol. The van der Waals surface area contributed by atoms with Gasteiger partial charge in [0.2, 0.25) is 29.5 Å². The van der Waals surface area contributed by atoms with Gasteiger partial charge in [0.1, 0.15) is 256 Å². The molecule has 0 aromatic heterocycles. The molecule has 0 aromatic carbocycles. The van der Waals surface area contributed by atoms with Gasteiger partial charge < -0.3 is 275 Å². The largest absolute Gasteiger partial charge is 0.394 e. The summed E-state index contributed by atoms with van der Waals surface area (Å²) in [6, 6.07) is -9.93. The minimum absolute atomic E-state index is 0.863. The van der Waals surface area contributed by atoms with Crippen molar-refractivity contribution in [3.05, 3.63) is 0 Å². The lowest BCUT2D eigenvalue weighted by Crippen LogP contribution is -2.71. The molecule has 10 aliphatic heterocycles. The molecule has 60 nitrogen and oxygen atoms in total. The average molecular weight is 1990 g/mol. The summed E-state index contributed by atoms with van der Waals surface area (Å²) in [7, 11) is 0. The number of rotatable bonds is 39. The Bertz CT molecular complexity index is 3710. The summed E-state index contributed by atoms with van der Waals surface area (Å²) in [5.41, 5.74) is 0. The Morgan fingerprint density at radius 3 is 0.993 bits per heavy atom. The Labute approximate surface area is 771 Å². The zero-order valence-corrected chi connectivity index (χ0v) is 73.6. The van der Waals surface area contributed by atoms with Crippen LogP contribution < -0.4 is 26.6 Å². The van der Waals surface area contributed by atoms with Gasteiger partial charge in [-0.15, -0.1) is 0 Å². The number of hydrogen-bond donors (Lipinski definition) is 35. The van der Waals surface area contributed by atoms with Crippen molar-refractivity contribution in [2.45, 2.75) is 373 Å². The third-order valence-electron chi connectivity index (χ3n) is 24.6. The highest BCUT2D eigenvalue weighted by Crippen LogP contribution is 2.42. The fourth-order valence-corrected chi connectivity index (χ4v) is 17.3. The lowest BCUT2D eigenvalue weighted by Gasteiger charge is -2.52. The maximum atomic E-state index is 13.4. The molecular weight excluding hydrogens is 1860 g/mol. The van der Waals surface area contributed by atoms with E-state index >= 15 is 0 Å². The minimum atomic E-state index is -2.77. The maximum Gasteiger partial charge on any atom is 0.217 e. The zero-order valence-electron chi connectivity index (χ0n) is 73.6. The highest BCUT2D eigenvalue weighted by atomic mass is 16.8. The lowest BCUT2D eigenvalue weighted by molar-refractivity contribution is -0.405. The summed E-state index contributed by atoms with van der Waals surface area (Å²) >= 11 is 0. The first-order valence-corrected chi connectivity index (χ1v) is 43.4. The molecule has 60 heteroatoms. The summed E-state index contributed by atoms with van der Waals surface area (Å²) < 4.78 is 120. The van der Waals surface area contributed by atoms with Crippen LogP contribution in [0.25, 0.3) is 0 Å². The SMILES string of the molecule is CC(=O)N[C@H]1[C@H](O[C@@H]([C@H](O)[C@H](CO)NC(C)=O)[C@H](O)CO[C@@H]2O[C@@H](C)[C@@H](O)[C@@H](O)[C@@H]2O)O[C@H](CO)[C@@H](O[C@@H]2O[C@H](CO[C@H]3O[C@H](CO)[C@@H](O)[C@H](O)[C@@H]3O[C@@H]3O[C@H](CO)[C@@H](O[C@@H]4O[C@H](CO)[C@H](O)[C@H](O)[C@H]4O)[C@H](O)[C@H]3NC(C)=O)[C@@H](O)[C@H](O[C@H]3O[C@H](CO)[C@@H](O[C@@H]4O[C@H](CO)[C@@H](O)[C@H](O)[C@H]4NC(C)=O)[C@H](O)[C@@H]3O[C@@H]3O[C@H](CO)[C@@H](O[C@@H]4O[C@H](CO)[C@H](O)[C@H](O)[C@H]4O)[C@H](O)[C@H]3NC(C)=O)[C@@H]2O)[C@@H]1O. The van der Waals surface area contributed by atoms with Gasteiger partial charge in [0.05, 0.1) is 84.8 Å². The molecule has 0 radical (unpaired) electrons. The number of amides is 5. The first-order chi connectivity index (χ1) is 64.3. The second-order valence-corrected chi connectivity index (χ2v) is 34.3. The van der Waals surface area contributed by atoms with Crippen molar-refractivity contribution >= 4 is 29.5 Å². The van der Waals surface area contributed by atoms with E-state index in [1.165, 1.54) is 6.92 Å². The highest BCUT2D eigenvalue weighted by Gasteiger charge is 2.63. The zero-order chi connectivity index (χ0) is 101. The Morgan fingerprint density at radius 2 is 0.581 bits per heavy atom. The molecule has 788 valence electrons. The molecule has 5 amide bonds. The first-order valence-electron chi connectivity index (χ1n) is 43.4. The fraction of sp³-hybridized carbons (Fsp3) is 0.934. The van der Waals surface area contributed by atoms with Crippen molar-refractivity contribution in [2.24, 2.45) is 0 Å². The molecule has 10 fully saturated rings. The molecule has 10 heterocycles. The van der Waals surface area contributed by atoms with Crippen molar-refractivity contribution in [3.63, 3.8) is 0 Å². The van der Waals surface area contributed by atoms with Crippen LogP contribution in [-0.4, -0.2) is 587 Å². The molecule has 0 unspecified atom stereocenters. The summed E-state index contributed by atoms with van der Waals surface area (Å²) in [5.74, 6) is -4.94. The van der Waals surface area contributed by atoms with Crippen molar-refractivity contribution in [3.8, 4) is 0 Å². The Balaban J connectivity index is 1.05. The number of nitrogens with one attached hydrogen (secondary N) is 5. The molecule has 10 aliphatic rings. The number of aliphatic hydroxyl groups excluding tert-OH is 30. The summed E-state index contributed by atoms with van der Waals surface area (Å²) in [6.45, 7) is -7.20. The molecule has 10 rings (SSSR count). The van der Waals surface area contributed by atoms with Gasteiger partial charge in [-0.3, -0.25) is 24.0 Å². The van der Waals surface area contributed by atoms with Crippen LogP contribution in [0.5, 0.6) is 0 Å². The van der Waals surface area contributed by atoms with Crippen molar-refractivity contribution in [1.82, 2.24) is 26.6 Å². The minimum Gasteiger partial charge on any atom is -0.394 e. The molecule has 10 saturated heterocycles. The van der Waals surface area contributed by atoms with E-state index in [1.54, 1.807) is 0 Å². The second-order valence-electron chi connectivity index (χ2n) is 34.3. The van der Waals surface area contributed by atoms with Crippen LogP contribution in [-0.2, 0) is 119 Å². The fourth-order valence-electron chi connectivity index (χ4n) is 17.3. The van der Waals surface area contributed by atoms with Gasteiger partial charge in [0.15, 0.2) is 62.9 Å². The molecule has 35 N–H and O–H groups in total. The van der Waals surface area contributed by atoms with Gasteiger partial charge in [-0.25, -0.2) is 0 Å². The predicted molar refractivity (Wildman–Crippen MR) is 421 cm³/mol. The maximum absolute atomic E-state index is 13.4. The van der Waals surface area contributed by atoms with Gasteiger partial charge in [0.25, 0.3) is 0 Å². The standard InChI is InChI=1S/C76H129N5O55/c1-18-39(97)50(108)54(112)71(119-18)117-16-25(96)59(40(98)24(7-82)77-19(2)91)129-68-36(79-21(4)93)47(105)62(32(14-89)124-68)133-74-58(116)64(45(103)34(128-74)17-118-75-65(53(111)44(102)29(11-86)123-75)135-69-37(80-22(5)94)48(106)60(30(12-87)125-69)131-72-55(113)51(109)42(100)27(9-84)121-72)134-76-66(57(115)63(33(15-90)127-76)130-67-35(78-20(3)92)46(104)41(99)26(8-83)120-67)136-70-38(81-23(6)95)49(107)61(31(13-88)126-70)132-73-56(114)52(110)43(101)28(10-85)122-73/h18,24-76,82-90,96-116H,7-17H2,1-6H3,(H,77,91)(H,78,92)(H,79,93)(H,80,94)(H,81,95)/t18-,24-,25+,26+,27+,28+,29+,30+,31+,32+,33+,34+,35+,36+,37+,38+,39+,40+,41+,42-,43-,44+,45+,46+,47+,48+,49+,50+,51-,52-,53-,54-,55+,56+,57-,58-,59+,60+,61+,62+,63+,64-,65-,66-,67-,68-,69-,70-,71+,72-,73-,74-,75-,76+/m0/s1. The van der Waals surface area contributed by atoms with Crippen molar-refractivity contribution in [1.29, 1.82) is 0 Å². The van der Waals surface area contributed by atoms with Gasteiger partial charge in [-0.2, -0.15) is 0 Å². The van der Waals surface area contributed by atoms with Gasteiger partial charge in [-0.1, -0.05) is 0 Å².